The van der Waals surface area contributed by atoms with E-state index in [1.165, 1.54) is 49.5 Å². The highest BCUT2D eigenvalue weighted by atomic mass is 19.3. The van der Waals surface area contributed by atoms with E-state index in [2.05, 4.69) is 37.4 Å². The number of anilines is 2. The van der Waals surface area contributed by atoms with Crippen molar-refractivity contribution in [3.8, 4) is 22.6 Å². The zero-order valence-electron chi connectivity index (χ0n) is 22.2. The quantitative estimate of drug-likeness (QED) is 0.283. The molecule has 0 saturated carbocycles. The molecule has 0 aliphatic carbocycles. The van der Waals surface area contributed by atoms with Crippen molar-refractivity contribution in [2.75, 3.05) is 37.4 Å². The van der Waals surface area contributed by atoms with E-state index >= 15 is 0 Å². The minimum Gasteiger partial charge on any atom is -0.415 e. The monoisotopic (exact) mass is 553 g/mol. The number of nitrogens with one attached hydrogen (secondary N) is 1. The van der Waals surface area contributed by atoms with E-state index in [1.807, 2.05) is 0 Å². The Morgan fingerprint density at radius 1 is 1.10 bits per heavy atom. The van der Waals surface area contributed by atoms with Gasteiger partial charge >= 0.3 is 6.43 Å². The van der Waals surface area contributed by atoms with Crippen LogP contribution in [-0.2, 0) is 11.3 Å². The Labute approximate surface area is 230 Å². The average Bonchev–Trinajstić information content (AvgIpc) is 3.48. The van der Waals surface area contributed by atoms with Gasteiger partial charge in [-0.05, 0) is 57.2 Å². The number of nitrogens with zero attached hydrogens (tertiary/aromatic N) is 6. The second kappa shape index (κ2) is 13.7. The van der Waals surface area contributed by atoms with Crippen molar-refractivity contribution >= 4 is 17.8 Å². The summed E-state index contributed by atoms with van der Waals surface area (Å²) < 4.78 is 45.1. The largest absolute Gasteiger partial charge is 0.415 e. The smallest absolute Gasteiger partial charge is 0.314 e. The van der Waals surface area contributed by atoms with Gasteiger partial charge in [0.25, 0.3) is 5.89 Å². The minimum atomic E-state index is -2.87. The zero-order chi connectivity index (χ0) is 28.5. The molecule has 0 bridgehead atoms. The predicted molar refractivity (Wildman–Crippen MR) is 145 cm³/mol. The second-order valence-corrected chi connectivity index (χ2v) is 9.22. The van der Waals surface area contributed by atoms with Crippen LogP contribution in [0.15, 0.2) is 59.4 Å². The van der Waals surface area contributed by atoms with E-state index in [9.17, 15) is 18.0 Å². The Morgan fingerprint density at radius 2 is 1.90 bits per heavy atom. The van der Waals surface area contributed by atoms with Gasteiger partial charge in [0.15, 0.2) is 0 Å². The van der Waals surface area contributed by atoms with Gasteiger partial charge in [0, 0.05) is 42.8 Å². The Bertz CT molecular complexity index is 1380. The van der Waals surface area contributed by atoms with Crippen LogP contribution >= 0.6 is 0 Å². The van der Waals surface area contributed by atoms with Crippen molar-refractivity contribution in [1.82, 2.24) is 25.1 Å². The number of pyridine rings is 2. The molecule has 0 atom stereocenters. The van der Waals surface area contributed by atoms with Crippen molar-refractivity contribution in [3.63, 3.8) is 0 Å². The molecule has 1 aromatic carbocycles. The van der Waals surface area contributed by atoms with Gasteiger partial charge in [-0.3, -0.25) is 14.8 Å². The third kappa shape index (κ3) is 7.20. The van der Waals surface area contributed by atoms with E-state index in [0.29, 0.717) is 40.2 Å². The van der Waals surface area contributed by atoms with Gasteiger partial charge in [-0.25, -0.2) is 4.39 Å². The molecule has 1 aliphatic heterocycles. The highest BCUT2D eigenvalue weighted by molar-refractivity contribution is 5.86. The zero-order valence-corrected chi connectivity index (χ0v) is 22.2. The summed E-state index contributed by atoms with van der Waals surface area (Å²) in [5.74, 6) is -1.39. The summed E-state index contributed by atoms with van der Waals surface area (Å²) in [6.45, 7) is 2.68. The van der Waals surface area contributed by atoms with Crippen LogP contribution in [0.25, 0.3) is 22.6 Å². The lowest BCUT2D eigenvalue weighted by Crippen LogP contribution is -2.24. The molecular formula is C28H30F3N7O2. The van der Waals surface area contributed by atoms with Gasteiger partial charge in [-0.1, -0.05) is 12.5 Å². The molecule has 4 heterocycles. The number of carbonyl (C=O) groups is 1. The summed E-state index contributed by atoms with van der Waals surface area (Å²) in [5.41, 5.74) is 2.61. The molecule has 1 aliphatic rings. The van der Waals surface area contributed by atoms with Gasteiger partial charge in [-0.15, -0.1) is 10.2 Å². The summed E-state index contributed by atoms with van der Waals surface area (Å²) in [5, 5.41) is 9.83. The van der Waals surface area contributed by atoms with Crippen LogP contribution in [0.2, 0.25) is 0 Å². The Balaban J connectivity index is 0.000000461. The fourth-order valence-electron chi connectivity index (χ4n) is 4.23. The normalized spacial score (nSPS) is 13.4. The summed E-state index contributed by atoms with van der Waals surface area (Å²) >= 11 is 0. The van der Waals surface area contributed by atoms with Gasteiger partial charge in [-0.2, -0.15) is 8.78 Å². The topological polar surface area (TPSA) is 100 Å². The molecule has 5 rings (SSSR count). The van der Waals surface area contributed by atoms with Crippen LogP contribution in [0.1, 0.15) is 37.3 Å². The van der Waals surface area contributed by atoms with Crippen LogP contribution in [0.3, 0.4) is 0 Å². The molecule has 0 radical (unpaired) electrons. The van der Waals surface area contributed by atoms with E-state index in [4.69, 9.17) is 4.42 Å². The maximum absolute atomic E-state index is 14.9. The Hall–Kier alpha value is -4.32. The lowest BCUT2D eigenvalue weighted by molar-refractivity contribution is -0.107. The van der Waals surface area contributed by atoms with E-state index in [0.717, 1.165) is 0 Å². The highest BCUT2D eigenvalue weighted by Crippen LogP contribution is 2.34. The predicted octanol–water partition coefficient (Wildman–Crippen LogP) is 5.58. The molecular weight excluding hydrogens is 523 g/mol. The number of halogens is 3. The van der Waals surface area contributed by atoms with Crippen LogP contribution in [0.5, 0.6) is 0 Å². The summed E-state index contributed by atoms with van der Waals surface area (Å²) in [7, 11) is 3.86. The second-order valence-electron chi connectivity index (χ2n) is 9.22. The Kier molecular flexibility index (Phi) is 9.79. The van der Waals surface area contributed by atoms with Gasteiger partial charge in [0.2, 0.25) is 12.3 Å². The number of hydrogen-bond acceptors (Lipinski definition) is 8. The molecule has 1 fully saturated rings. The van der Waals surface area contributed by atoms with Crippen LogP contribution in [0.4, 0.5) is 24.5 Å². The number of aromatic nitrogens is 4. The maximum Gasteiger partial charge on any atom is 0.314 e. The van der Waals surface area contributed by atoms with Gasteiger partial charge in [0.1, 0.15) is 5.82 Å². The maximum atomic E-state index is 14.9. The molecule has 1 N–H and O–H groups in total. The molecule has 1 amide bonds. The average molecular weight is 554 g/mol. The number of alkyl halides is 2. The lowest BCUT2D eigenvalue weighted by Gasteiger charge is -2.21. The summed E-state index contributed by atoms with van der Waals surface area (Å²) in [6.07, 6.45) is 6.49. The number of hydrogen-bond donors (Lipinski definition) is 1. The van der Waals surface area contributed by atoms with E-state index in [1.54, 1.807) is 49.8 Å². The first-order valence-electron chi connectivity index (χ1n) is 12.8. The molecule has 12 heteroatoms. The van der Waals surface area contributed by atoms with Crippen molar-refractivity contribution in [1.29, 1.82) is 0 Å². The highest BCUT2D eigenvalue weighted by Gasteiger charge is 2.19. The number of carbonyl (C=O) groups excluding carboxylic acids is 1. The van der Waals surface area contributed by atoms with Gasteiger partial charge < -0.3 is 19.5 Å². The molecule has 0 unspecified atom stereocenters. The minimum absolute atomic E-state index is 0.0380. The molecule has 3 aromatic heterocycles. The van der Waals surface area contributed by atoms with Crippen molar-refractivity contribution < 1.29 is 22.4 Å². The van der Waals surface area contributed by atoms with Crippen molar-refractivity contribution in [2.45, 2.75) is 32.2 Å². The molecule has 4 aromatic rings. The lowest BCUT2D eigenvalue weighted by atomic mass is 10.0. The first-order chi connectivity index (χ1) is 19.4. The number of likely N-dealkylation sites (tertiary alicyclic amines) is 1. The number of rotatable bonds is 8. The first kappa shape index (κ1) is 28.7. The van der Waals surface area contributed by atoms with Crippen LogP contribution in [0, 0.1) is 5.82 Å². The van der Waals surface area contributed by atoms with Crippen molar-refractivity contribution in [3.05, 3.63) is 72.4 Å². The Morgan fingerprint density at radius 3 is 2.45 bits per heavy atom. The first-order valence-corrected chi connectivity index (χ1v) is 12.8. The fraction of sp³-hybridized carbons (Fsp3) is 0.321. The third-order valence-corrected chi connectivity index (χ3v) is 6.37. The van der Waals surface area contributed by atoms with E-state index < -0.39 is 18.1 Å². The SMILES string of the molecule is CN1CCCCC1.CNc1cc(-c2cccnc2)c(F)cc1N(C=O)Cc1ccc(-c2nnc(C(F)F)o2)cn1. The van der Waals surface area contributed by atoms with Gasteiger partial charge in [0.05, 0.1) is 29.2 Å². The van der Waals surface area contributed by atoms with E-state index in [-0.39, 0.29) is 12.4 Å². The number of piperidine rings is 1. The molecule has 40 heavy (non-hydrogen) atoms. The number of amides is 1. The van der Waals surface area contributed by atoms with Crippen molar-refractivity contribution in [2.24, 2.45) is 0 Å². The summed E-state index contributed by atoms with van der Waals surface area (Å²) in [6, 6.07) is 9.45. The molecule has 210 valence electrons. The summed E-state index contributed by atoms with van der Waals surface area (Å²) in [4.78, 5) is 23.8. The molecule has 9 nitrogen and oxygen atoms in total. The van der Waals surface area contributed by atoms with Crippen LogP contribution in [-0.4, -0.2) is 58.7 Å². The fourth-order valence-corrected chi connectivity index (χ4v) is 4.23. The molecule has 1 saturated heterocycles. The standard InChI is InChI=1S/C22H17F3N6O2.C6H13N/c1-26-18-7-16(13-3-2-6-27-9-13)17(23)8-19(18)31(12-32)11-15-5-4-14(10-28-15)21-29-30-22(33-21)20(24)25;1-7-5-3-2-4-6-7/h2-10,12,20,26H,11H2,1H3;2-6H2,1H3. The molecule has 0 spiro atoms. The number of benzene rings is 1. The third-order valence-electron chi connectivity index (χ3n) is 6.37. The van der Waals surface area contributed by atoms with Crippen LogP contribution < -0.4 is 10.2 Å².